The third-order valence-corrected chi connectivity index (χ3v) is 19.0. The number of anilines is 5. The van der Waals surface area contributed by atoms with E-state index in [0.717, 1.165) is 28.5 Å². The second-order valence-corrected chi connectivity index (χ2v) is 25.9. The van der Waals surface area contributed by atoms with Crippen LogP contribution in [0.25, 0.3) is 58.8 Å². The minimum atomic E-state index is -0.148. The zero-order chi connectivity index (χ0) is 48.2. The van der Waals surface area contributed by atoms with Crippen LogP contribution < -0.4 is 26.2 Å². The summed E-state index contributed by atoms with van der Waals surface area (Å²) in [5, 5.41) is 4.98. The average Bonchev–Trinajstić information content (AvgIpc) is 4.04. The number of rotatable bonds is 2. The molecule has 0 amide bonds. The molecule has 4 aliphatic rings. The van der Waals surface area contributed by atoms with Gasteiger partial charge in [-0.15, -0.1) is 11.3 Å². The fraction of sp³-hybridized carbons (Fsp3) is 0.312. The number of thiophene rings is 1. The zero-order valence-corrected chi connectivity index (χ0v) is 43.5. The summed E-state index contributed by atoms with van der Waals surface area (Å²) in [7, 11) is 0. The number of benzene rings is 7. The van der Waals surface area contributed by atoms with Gasteiger partial charge in [0.1, 0.15) is 11.1 Å². The molecule has 0 saturated heterocycles. The van der Waals surface area contributed by atoms with Crippen molar-refractivity contribution in [3.8, 4) is 5.69 Å². The van der Waals surface area contributed by atoms with E-state index in [1.54, 1.807) is 0 Å². The zero-order valence-electron chi connectivity index (χ0n) is 42.7. The third kappa shape index (κ3) is 5.49. The van der Waals surface area contributed by atoms with Crippen molar-refractivity contribution < 1.29 is 4.42 Å². The fourth-order valence-electron chi connectivity index (χ4n) is 13.8. The predicted molar refractivity (Wildman–Crippen MR) is 302 cm³/mol. The van der Waals surface area contributed by atoms with Crippen LogP contribution in [0.3, 0.4) is 0 Å². The number of hydrogen-bond donors (Lipinski definition) is 0. The molecule has 0 N–H and O–H groups in total. The lowest BCUT2D eigenvalue weighted by Crippen LogP contribution is -2.61. The molecular weight excluding hydrogens is 870 g/mol. The van der Waals surface area contributed by atoms with Crippen LogP contribution in [0, 0.1) is 0 Å². The molecular formula is C64H62BN3OS. The number of hydrogen-bond acceptors (Lipinski definition) is 4. The van der Waals surface area contributed by atoms with Crippen molar-refractivity contribution in [2.24, 2.45) is 0 Å². The molecule has 10 aromatic rings. The standard InChI is InChI=1S/C64H62BN3OS/c1-60(2,3)37-26-28-48-45(32-37)63(10)29-16-17-30-64(63,11)68(48)40-35-51-55-52(36-40)67-56-44(58-57(67)43-20-12-14-23-53(43)69-58)31-39(62(7,8)9)33-47(56)65(55)46-27-25-38(61(4,5)6)34-50(46)66(51)49-22-18-21-42-41-19-13-15-24-54(41)70-59(42)49/h12-15,18-28,31-36H,16-17,29-30H2,1-11H3. The first-order chi connectivity index (χ1) is 33.3. The summed E-state index contributed by atoms with van der Waals surface area (Å²) in [4.78, 5) is 5.52. The molecule has 3 aliphatic heterocycles. The molecule has 7 aromatic carbocycles. The molecule has 0 radical (unpaired) electrons. The van der Waals surface area contributed by atoms with Crippen LogP contribution in [0.15, 0.2) is 132 Å². The number of aromatic nitrogens is 1. The van der Waals surface area contributed by atoms with Crippen LogP contribution in [0.5, 0.6) is 0 Å². The van der Waals surface area contributed by atoms with Gasteiger partial charge in [-0.25, -0.2) is 0 Å². The van der Waals surface area contributed by atoms with Gasteiger partial charge in [0.25, 0.3) is 6.71 Å². The molecule has 6 heteroatoms. The smallest absolute Gasteiger partial charge is 0.252 e. The lowest BCUT2D eigenvalue weighted by molar-refractivity contribution is 0.195. The van der Waals surface area contributed by atoms with Crippen molar-refractivity contribution in [1.29, 1.82) is 0 Å². The van der Waals surface area contributed by atoms with Gasteiger partial charge in [0.2, 0.25) is 0 Å². The topological polar surface area (TPSA) is 24.6 Å². The molecule has 1 fully saturated rings. The lowest BCUT2D eigenvalue weighted by atomic mass is 9.33. The summed E-state index contributed by atoms with van der Waals surface area (Å²) in [5.74, 6) is 0. The monoisotopic (exact) mass is 931 g/mol. The Kier molecular flexibility index (Phi) is 8.40. The maximum atomic E-state index is 7.09. The van der Waals surface area contributed by atoms with Gasteiger partial charge in [-0.2, -0.15) is 0 Å². The van der Waals surface area contributed by atoms with Gasteiger partial charge in [-0.1, -0.05) is 155 Å². The molecule has 70 heavy (non-hydrogen) atoms. The van der Waals surface area contributed by atoms with E-state index < -0.39 is 0 Å². The minimum absolute atomic E-state index is 0.0146. The van der Waals surface area contributed by atoms with E-state index in [1.807, 2.05) is 11.3 Å². The second kappa shape index (κ2) is 13.8. The molecule has 1 aliphatic carbocycles. The van der Waals surface area contributed by atoms with Crippen molar-refractivity contribution in [3.05, 3.63) is 150 Å². The quantitative estimate of drug-likeness (QED) is 0.161. The van der Waals surface area contributed by atoms with E-state index in [9.17, 15) is 0 Å². The van der Waals surface area contributed by atoms with Gasteiger partial charge in [0, 0.05) is 60.1 Å². The Morgan fingerprint density at radius 1 is 0.543 bits per heavy atom. The van der Waals surface area contributed by atoms with Gasteiger partial charge in [0.15, 0.2) is 5.58 Å². The Morgan fingerprint density at radius 3 is 2.01 bits per heavy atom. The molecule has 4 nitrogen and oxygen atoms in total. The van der Waals surface area contributed by atoms with E-state index in [1.165, 1.54) is 123 Å². The summed E-state index contributed by atoms with van der Waals surface area (Å²) >= 11 is 1.93. The molecule has 1 saturated carbocycles. The highest BCUT2D eigenvalue weighted by Crippen LogP contribution is 2.62. The van der Waals surface area contributed by atoms with Crippen molar-refractivity contribution in [2.75, 3.05) is 9.80 Å². The van der Waals surface area contributed by atoms with Crippen LogP contribution in [0.4, 0.5) is 28.4 Å². The average molecular weight is 932 g/mol. The maximum absolute atomic E-state index is 7.09. The van der Waals surface area contributed by atoms with E-state index >= 15 is 0 Å². The number of fused-ring (bicyclic) bond motifs is 15. The van der Waals surface area contributed by atoms with Gasteiger partial charge in [0.05, 0.1) is 21.4 Å². The Balaban J connectivity index is 1.17. The second-order valence-electron chi connectivity index (χ2n) is 24.9. The molecule has 3 aromatic heterocycles. The van der Waals surface area contributed by atoms with Crippen LogP contribution in [0.2, 0.25) is 0 Å². The normalized spacial score (nSPS) is 19.7. The number of para-hydroxylation sites is 1. The SMILES string of the molecule is CC(C)(C)c1ccc2c(c1)N(c1cccc3c1sc1ccccc13)c1cc(N3c4ccc(C(C)(C)C)cc4C4(C)CCCCC34C)cc3c1B2c1cc(C(C)(C)C)cc2c4oc5ccccc5c4n-3c12. The first-order valence-corrected chi connectivity index (χ1v) is 26.7. The highest BCUT2D eigenvalue weighted by molar-refractivity contribution is 7.26. The highest BCUT2D eigenvalue weighted by Gasteiger charge is 2.58. The van der Waals surface area contributed by atoms with Crippen LogP contribution in [-0.2, 0) is 21.7 Å². The molecule has 14 rings (SSSR count). The molecule has 6 heterocycles. The third-order valence-electron chi connectivity index (χ3n) is 17.8. The van der Waals surface area contributed by atoms with Gasteiger partial charge in [-0.3, -0.25) is 0 Å². The molecule has 2 atom stereocenters. The van der Waals surface area contributed by atoms with E-state index in [-0.39, 0.29) is 33.9 Å². The fourth-order valence-corrected chi connectivity index (χ4v) is 15.0. The summed E-state index contributed by atoms with van der Waals surface area (Å²) in [6, 6.07) is 49.9. The predicted octanol–water partition coefficient (Wildman–Crippen LogP) is 16.1. The van der Waals surface area contributed by atoms with Gasteiger partial charge >= 0.3 is 0 Å². The Bertz CT molecular complexity index is 3920. The number of furan rings is 1. The van der Waals surface area contributed by atoms with E-state index in [2.05, 4.69) is 218 Å². The summed E-state index contributed by atoms with van der Waals surface area (Å²) in [6.07, 6.45) is 4.77. The van der Waals surface area contributed by atoms with Crippen LogP contribution >= 0.6 is 11.3 Å². The summed E-state index contributed by atoms with van der Waals surface area (Å²) in [6.45, 7) is 26.4. The van der Waals surface area contributed by atoms with Crippen molar-refractivity contribution in [2.45, 2.75) is 129 Å². The number of nitrogens with zero attached hydrogens (tertiary/aromatic N) is 3. The van der Waals surface area contributed by atoms with Gasteiger partial charge < -0.3 is 18.8 Å². The largest absolute Gasteiger partial charge is 0.454 e. The molecule has 2 unspecified atom stereocenters. The Hall–Kier alpha value is -6.24. The van der Waals surface area contributed by atoms with Crippen LogP contribution in [-0.4, -0.2) is 16.8 Å². The van der Waals surface area contributed by atoms with Crippen molar-refractivity contribution >= 4 is 116 Å². The summed E-state index contributed by atoms with van der Waals surface area (Å²) < 4.78 is 12.4. The van der Waals surface area contributed by atoms with E-state index in [4.69, 9.17) is 4.42 Å². The Morgan fingerprint density at radius 2 is 1.23 bits per heavy atom. The molecule has 0 spiro atoms. The maximum Gasteiger partial charge on any atom is 0.252 e. The summed E-state index contributed by atoms with van der Waals surface area (Å²) in [5.41, 5.74) is 21.3. The van der Waals surface area contributed by atoms with Gasteiger partial charge in [-0.05, 0) is 129 Å². The lowest BCUT2D eigenvalue weighted by Gasteiger charge is -2.51. The first-order valence-electron chi connectivity index (χ1n) is 25.8. The highest BCUT2D eigenvalue weighted by atomic mass is 32.1. The van der Waals surface area contributed by atoms with Crippen molar-refractivity contribution in [3.63, 3.8) is 0 Å². The Labute approximate surface area is 417 Å². The molecule has 348 valence electrons. The minimum Gasteiger partial charge on any atom is -0.454 e. The van der Waals surface area contributed by atoms with Crippen molar-refractivity contribution in [1.82, 2.24) is 4.57 Å². The molecule has 0 bridgehead atoms. The van der Waals surface area contributed by atoms with E-state index in [0.29, 0.717) is 0 Å². The first kappa shape index (κ1) is 42.6. The van der Waals surface area contributed by atoms with Crippen LogP contribution in [0.1, 0.15) is 124 Å².